The summed E-state index contributed by atoms with van der Waals surface area (Å²) < 4.78 is 11.4. The Balaban J connectivity index is 1.49. The molecular weight excluding hydrogens is 494 g/mol. The first kappa shape index (κ1) is 22.7. The monoisotopic (exact) mass is 508 g/mol. The van der Waals surface area contributed by atoms with Crippen LogP contribution in [0.5, 0.6) is 5.75 Å². The second-order valence-electron chi connectivity index (χ2n) is 7.04. The highest BCUT2D eigenvalue weighted by molar-refractivity contribution is 6.42. The normalized spacial score (nSPS) is 11.1. The van der Waals surface area contributed by atoms with Crippen LogP contribution < -0.4 is 10.1 Å². The SMILES string of the molecule is Cc1c(Cl)c(C)c(Cl)c(OCC(=O)Nc2ccc3oc(-c4ccccc4Cl)nc3c2)c1Cl. The fraction of sp³-hybridized carbons (Fsp3) is 0.130. The number of aromatic nitrogens is 1. The lowest BCUT2D eigenvalue weighted by molar-refractivity contribution is -0.118. The number of benzene rings is 3. The summed E-state index contributed by atoms with van der Waals surface area (Å²) in [5.74, 6) is 0.228. The van der Waals surface area contributed by atoms with Gasteiger partial charge in [-0.1, -0.05) is 58.5 Å². The van der Waals surface area contributed by atoms with Crippen LogP contribution in [-0.4, -0.2) is 17.5 Å². The van der Waals surface area contributed by atoms with Crippen LogP contribution in [0.25, 0.3) is 22.6 Å². The van der Waals surface area contributed by atoms with Crippen molar-refractivity contribution in [2.45, 2.75) is 13.8 Å². The molecule has 1 N–H and O–H groups in total. The van der Waals surface area contributed by atoms with Crippen molar-refractivity contribution in [1.29, 1.82) is 0 Å². The number of fused-ring (bicyclic) bond motifs is 1. The molecule has 0 spiro atoms. The maximum absolute atomic E-state index is 12.4. The second kappa shape index (κ2) is 9.20. The van der Waals surface area contributed by atoms with Crippen molar-refractivity contribution in [3.8, 4) is 17.2 Å². The number of carbonyl (C=O) groups excluding carboxylic acids is 1. The third kappa shape index (κ3) is 4.39. The Morgan fingerprint density at radius 1 is 1.00 bits per heavy atom. The molecule has 4 rings (SSSR count). The molecule has 0 bridgehead atoms. The van der Waals surface area contributed by atoms with Crippen LogP contribution in [0.2, 0.25) is 20.1 Å². The fourth-order valence-electron chi connectivity index (χ4n) is 3.13. The second-order valence-corrected chi connectivity index (χ2v) is 8.58. The van der Waals surface area contributed by atoms with E-state index >= 15 is 0 Å². The van der Waals surface area contributed by atoms with Gasteiger partial charge in [-0.05, 0) is 55.3 Å². The van der Waals surface area contributed by atoms with Gasteiger partial charge >= 0.3 is 0 Å². The Kier molecular flexibility index (Phi) is 6.54. The number of carbonyl (C=O) groups is 1. The van der Waals surface area contributed by atoms with Crippen LogP contribution in [0.3, 0.4) is 0 Å². The van der Waals surface area contributed by atoms with E-state index in [1.54, 1.807) is 38.1 Å². The molecular formula is C23H16Cl4N2O3. The molecule has 0 unspecified atom stereocenters. The van der Waals surface area contributed by atoms with Crippen molar-refractivity contribution in [1.82, 2.24) is 4.98 Å². The van der Waals surface area contributed by atoms with E-state index in [0.717, 1.165) is 0 Å². The van der Waals surface area contributed by atoms with Crippen LogP contribution in [0.1, 0.15) is 11.1 Å². The van der Waals surface area contributed by atoms with Crippen LogP contribution in [-0.2, 0) is 4.79 Å². The molecule has 1 aromatic heterocycles. The summed E-state index contributed by atoms with van der Waals surface area (Å²) in [6.45, 7) is 3.22. The zero-order valence-corrected chi connectivity index (χ0v) is 20.0. The Morgan fingerprint density at radius 2 is 1.69 bits per heavy atom. The summed E-state index contributed by atoms with van der Waals surface area (Å²) in [6, 6.07) is 12.4. The number of hydrogen-bond acceptors (Lipinski definition) is 4. The molecule has 0 aliphatic rings. The van der Waals surface area contributed by atoms with Crippen molar-refractivity contribution in [2.75, 3.05) is 11.9 Å². The molecule has 1 amide bonds. The van der Waals surface area contributed by atoms with E-state index in [1.165, 1.54) is 0 Å². The first-order chi connectivity index (χ1) is 15.3. The summed E-state index contributed by atoms with van der Waals surface area (Å²) in [4.78, 5) is 16.9. The average molecular weight is 510 g/mol. The fourth-order valence-corrected chi connectivity index (χ4v) is 4.17. The highest BCUT2D eigenvalue weighted by Gasteiger charge is 2.19. The number of amides is 1. The molecule has 0 radical (unpaired) electrons. The van der Waals surface area contributed by atoms with E-state index < -0.39 is 5.91 Å². The van der Waals surface area contributed by atoms with Gasteiger partial charge in [0.25, 0.3) is 5.91 Å². The van der Waals surface area contributed by atoms with Crippen LogP contribution >= 0.6 is 46.4 Å². The Morgan fingerprint density at radius 3 is 2.38 bits per heavy atom. The molecule has 5 nitrogen and oxygen atoms in total. The lowest BCUT2D eigenvalue weighted by atomic mass is 10.1. The van der Waals surface area contributed by atoms with Gasteiger partial charge in [-0.3, -0.25) is 4.79 Å². The van der Waals surface area contributed by atoms with Gasteiger partial charge in [0.15, 0.2) is 17.9 Å². The van der Waals surface area contributed by atoms with E-state index in [0.29, 0.717) is 49.4 Å². The number of nitrogens with one attached hydrogen (secondary N) is 1. The largest absolute Gasteiger partial charge is 0.481 e. The lowest BCUT2D eigenvalue weighted by Gasteiger charge is -2.15. The van der Waals surface area contributed by atoms with E-state index in [2.05, 4.69) is 10.3 Å². The van der Waals surface area contributed by atoms with Crippen LogP contribution in [0, 0.1) is 13.8 Å². The Labute approximate surface area is 204 Å². The molecule has 0 saturated heterocycles. The number of anilines is 1. The van der Waals surface area contributed by atoms with Crippen molar-refractivity contribution in [3.05, 3.63) is 73.7 Å². The van der Waals surface area contributed by atoms with E-state index in [9.17, 15) is 4.79 Å². The zero-order valence-electron chi connectivity index (χ0n) is 16.9. The van der Waals surface area contributed by atoms with Crippen LogP contribution in [0.4, 0.5) is 5.69 Å². The Bertz CT molecular complexity index is 1320. The zero-order chi connectivity index (χ0) is 23.0. The van der Waals surface area contributed by atoms with Gasteiger partial charge in [-0.15, -0.1) is 0 Å². The molecule has 0 aliphatic carbocycles. The predicted molar refractivity (Wildman–Crippen MR) is 130 cm³/mol. The molecule has 0 saturated carbocycles. The first-order valence-corrected chi connectivity index (χ1v) is 11.0. The number of halogens is 4. The smallest absolute Gasteiger partial charge is 0.262 e. The van der Waals surface area contributed by atoms with Gasteiger partial charge in [-0.2, -0.15) is 0 Å². The molecule has 3 aromatic carbocycles. The van der Waals surface area contributed by atoms with Crippen LogP contribution in [0.15, 0.2) is 46.9 Å². The van der Waals surface area contributed by atoms with Crippen molar-refractivity contribution in [2.24, 2.45) is 0 Å². The lowest BCUT2D eigenvalue weighted by Crippen LogP contribution is -2.20. The van der Waals surface area contributed by atoms with Gasteiger partial charge < -0.3 is 14.5 Å². The van der Waals surface area contributed by atoms with Gasteiger partial charge in [0.2, 0.25) is 5.89 Å². The number of oxazole rings is 1. The summed E-state index contributed by atoms with van der Waals surface area (Å²) in [6.07, 6.45) is 0. The first-order valence-electron chi connectivity index (χ1n) is 9.48. The number of hydrogen-bond donors (Lipinski definition) is 1. The van der Waals surface area contributed by atoms with Gasteiger partial charge in [0, 0.05) is 10.7 Å². The molecule has 9 heteroatoms. The van der Waals surface area contributed by atoms with Gasteiger partial charge in [-0.25, -0.2) is 4.98 Å². The van der Waals surface area contributed by atoms with Gasteiger partial charge in [0.1, 0.15) is 5.52 Å². The minimum Gasteiger partial charge on any atom is -0.481 e. The molecule has 4 aromatic rings. The molecule has 0 atom stereocenters. The van der Waals surface area contributed by atoms with Crippen molar-refractivity contribution in [3.63, 3.8) is 0 Å². The summed E-state index contributed by atoms with van der Waals surface area (Å²) in [7, 11) is 0. The number of nitrogens with zero attached hydrogens (tertiary/aromatic N) is 1. The molecule has 0 aliphatic heterocycles. The summed E-state index contributed by atoms with van der Waals surface area (Å²) in [5.41, 5.74) is 3.64. The minimum atomic E-state index is -0.392. The maximum Gasteiger partial charge on any atom is 0.262 e. The molecule has 164 valence electrons. The molecule has 1 heterocycles. The Hall–Kier alpha value is -2.44. The third-order valence-electron chi connectivity index (χ3n) is 4.84. The van der Waals surface area contributed by atoms with Gasteiger partial charge in [0.05, 0.1) is 20.6 Å². The minimum absolute atomic E-state index is 0.221. The third-order valence-corrected chi connectivity index (χ3v) is 6.65. The quantitative estimate of drug-likeness (QED) is 0.298. The molecule has 0 fully saturated rings. The van der Waals surface area contributed by atoms with E-state index in [-0.39, 0.29) is 22.4 Å². The highest BCUT2D eigenvalue weighted by Crippen LogP contribution is 2.42. The highest BCUT2D eigenvalue weighted by atomic mass is 35.5. The predicted octanol–water partition coefficient (Wildman–Crippen LogP) is 7.74. The van der Waals surface area contributed by atoms with Crippen molar-refractivity contribution < 1.29 is 13.9 Å². The van der Waals surface area contributed by atoms with E-state index in [1.807, 2.05) is 18.2 Å². The van der Waals surface area contributed by atoms with E-state index in [4.69, 9.17) is 55.6 Å². The topological polar surface area (TPSA) is 64.4 Å². The standard InChI is InChI=1S/C23H16Cl4N2O3/c1-11-19(25)12(2)21(27)22(20(11)26)31-10-18(30)28-13-7-8-17-16(9-13)29-23(32-17)14-5-3-4-6-15(14)24/h3-9H,10H2,1-2H3,(H,28,30). The average Bonchev–Trinajstić information content (AvgIpc) is 3.19. The van der Waals surface area contributed by atoms with Crippen molar-refractivity contribution >= 4 is 69.1 Å². The number of rotatable bonds is 5. The summed E-state index contributed by atoms with van der Waals surface area (Å²) >= 11 is 25.0. The maximum atomic E-state index is 12.4. The molecule has 32 heavy (non-hydrogen) atoms. The summed E-state index contributed by atoms with van der Waals surface area (Å²) in [5, 5.41) is 4.31. The number of ether oxygens (including phenoxy) is 1.